The van der Waals surface area contributed by atoms with Crippen LogP contribution in [0.25, 0.3) is 0 Å². The van der Waals surface area contributed by atoms with Crippen molar-refractivity contribution in [2.45, 2.75) is 72.8 Å². The zero-order valence-corrected chi connectivity index (χ0v) is 14.5. The Hall–Kier alpha value is -0.820. The van der Waals surface area contributed by atoms with Crippen molar-refractivity contribution in [1.29, 1.82) is 0 Å². The first-order valence-electron chi connectivity index (χ1n) is 7.99. The molecule has 0 saturated carbocycles. The Bertz CT molecular complexity index is 397. The van der Waals surface area contributed by atoms with Gasteiger partial charge >= 0.3 is 0 Å². The third-order valence-corrected chi connectivity index (χ3v) is 4.18. The Morgan fingerprint density at radius 2 is 1.55 bits per heavy atom. The molecule has 1 atom stereocenters. The highest BCUT2D eigenvalue weighted by Crippen LogP contribution is 2.27. The maximum Gasteiger partial charge on any atom is 0.00967 e. The summed E-state index contributed by atoms with van der Waals surface area (Å²) in [5.41, 5.74) is 3.40. The smallest absolute Gasteiger partial charge is 0.00967 e. The Balaban J connectivity index is 2.71. The fourth-order valence-corrected chi connectivity index (χ4v) is 2.30. The highest BCUT2D eigenvalue weighted by molar-refractivity contribution is 5.25. The lowest BCUT2D eigenvalue weighted by molar-refractivity contribution is 0.255. The van der Waals surface area contributed by atoms with Crippen LogP contribution in [0.4, 0.5) is 0 Å². The number of hydrogen-bond acceptors (Lipinski definition) is 1. The molecule has 0 amide bonds. The van der Waals surface area contributed by atoms with Gasteiger partial charge in [-0.3, -0.25) is 0 Å². The molecule has 0 saturated heterocycles. The summed E-state index contributed by atoms with van der Waals surface area (Å²) in [7, 11) is 0. The minimum atomic E-state index is 0.192. The van der Waals surface area contributed by atoms with E-state index >= 15 is 0 Å². The summed E-state index contributed by atoms with van der Waals surface area (Å²) in [6.45, 7) is 17.0. The van der Waals surface area contributed by atoms with Crippen LogP contribution in [0.2, 0.25) is 0 Å². The lowest BCUT2D eigenvalue weighted by Crippen LogP contribution is -2.43. The van der Waals surface area contributed by atoms with Gasteiger partial charge in [-0.05, 0) is 56.1 Å². The molecule has 0 aliphatic heterocycles. The number of benzene rings is 1. The molecular formula is C19H33N. The molecule has 20 heavy (non-hydrogen) atoms. The first kappa shape index (κ1) is 17.2. The van der Waals surface area contributed by atoms with Gasteiger partial charge < -0.3 is 5.32 Å². The van der Waals surface area contributed by atoms with Crippen LogP contribution in [0.15, 0.2) is 24.3 Å². The van der Waals surface area contributed by atoms with Crippen molar-refractivity contribution in [2.24, 2.45) is 5.41 Å². The molecule has 1 aromatic rings. The van der Waals surface area contributed by atoms with Gasteiger partial charge in [0.25, 0.3) is 0 Å². The van der Waals surface area contributed by atoms with Crippen LogP contribution in [-0.2, 0) is 6.42 Å². The van der Waals surface area contributed by atoms with Crippen LogP contribution < -0.4 is 5.32 Å². The summed E-state index contributed by atoms with van der Waals surface area (Å²) in [6, 6.07) is 9.18. The fraction of sp³-hybridized carbons (Fsp3) is 0.684. The van der Waals surface area contributed by atoms with Gasteiger partial charge in [0.2, 0.25) is 0 Å². The average molecular weight is 275 g/mol. The van der Waals surface area contributed by atoms with Crippen molar-refractivity contribution in [3.8, 4) is 0 Å². The van der Waals surface area contributed by atoms with Crippen LogP contribution in [0, 0.1) is 5.41 Å². The predicted molar refractivity (Wildman–Crippen MR) is 90.4 cm³/mol. The predicted octanol–water partition coefficient (Wildman–Crippen LogP) is 5.16. The first-order chi connectivity index (χ1) is 9.15. The lowest BCUT2D eigenvalue weighted by atomic mass is 9.80. The molecule has 1 nitrogen and oxygen atoms in total. The highest BCUT2D eigenvalue weighted by atomic mass is 15.0. The molecule has 0 bridgehead atoms. The van der Waals surface area contributed by atoms with Gasteiger partial charge in [-0.2, -0.15) is 0 Å². The largest absolute Gasteiger partial charge is 0.312 e. The zero-order chi connectivity index (χ0) is 15.4. The van der Waals surface area contributed by atoms with Gasteiger partial charge in [0.15, 0.2) is 0 Å². The van der Waals surface area contributed by atoms with Crippen LogP contribution >= 0.6 is 0 Å². The summed E-state index contributed by atoms with van der Waals surface area (Å²) in [5.74, 6) is 0.615. The van der Waals surface area contributed by atoms with Gasteiger partial charge in [-0.1, -0.05) is 52.0 Å². The Morgan fingerprint density at radius 1 is 1.00 bits per heavy atom. The number of rotatable bonds is 6. The van der Waals surface area contributed by atoms with Crippen molar-refractivity contribution in [3.63, 3.8) is 0 Å². The molecule has 0 heterocycles. The number of hydrogen-bond donors (Lipinski definition) is 1. The van der Waals surface area contributed by atoms with Gasteiger partial charge in [0, 0.05) is 12.1 Å². The first-order valence-corrected chi connectivity index (χ1v) is 7.99. The van der Waals surface area contributed by atoms with E-state index in [-0.39, 0.29) is 5.54 Å². The quantitative estimate of drug-likeness (QED) is 0.756. The van der Waals surface area contributed by atoms with Crippen molar-refractivity contribution >= 4 is 0 Å². The van der Waals surface area contributed by atoms with E-state index in [0.717, 1.165) is 13.0 Å². The Morgan fingerprint density at radius 3 is 1.95 bits per heavy atom. The molecule has 0 radical (unpaired) electrons. The van der Waals surface area contributed by atoms with E-state index in [0.29, 0.717) is 11.3 Å². The van der Waals surface area contributed by atoms with Crippen molar-refractivity contribution in [3.05, 3.63) is 35.4 Å². The SMILES string of the molecule is CCC(C)(CNC(C)(C)C)Cc1ccc(C(C)C)cc1. The zero-order valence-electron chi connectivity index (χ0n) is 14.5. The monoisotopic (exact) mass is 275 g/mol. The molecule has 1 heteroatoms. The molecule has 0 spiro atoms. The number of nitrogens with one attached hydrogen (secondary N) is 1. The van der Waals surface area contributed by atoms with E-state index in [9.17, 15) is 0 Å². The topological polar surface area (TPSA) is 12.0 Å². The normalized spacial score (nSPS) is 15.4. The third-order valence-electron chi connectivity index (χ3n) is 4.18. The van der Waals surface area contributed by atoms with Gasteiger partial charge in [-0.25, -0.2) is 0 Å². The molecule has 1 aromatic carbocycles. The van der Waals surface area contributed by atoms with E-state index in [2.05, 4.69) is 78.0 Å². The highest BCUT2D eigenvalue weighted by Gasteiger charge is 2.24. The molecule has 1 unspecified atom stereocenters. The minimum Gasteiger partial charge on any atom is -0.312 e. The van der Waals surface area contributed by atoms with E-state index < -0.39 is 0 Å². The van der Waals surface area contributed by atoms with Crippen LogP contribution in [0.1, 0.15) is 71.9 Å². The molecular weight excluding hydrogens is 242 g/mol. The van der Waals surface area contributed by atoms with Crippen molar-refractivity contribution in [1.82, 2.24) is 5.32 Å². The van der Waals surface area contributed by atoms with Gasteiger partial charge in [-0.15, -0.1) is 0 Å². The second-order valence-electron chi connectivity index (χ2n) is 7.84. The summed E-state index contributed by atoms with van der Waals surface area (Å²) in [5, 5.41) is 3.66. The summed E-state index contributed by atoms with van der Waals surface area (Å²) in [6.07, 6.45) is 2.34. The second-order valence-corrected chi connectivity index (χ2v) is 7.84. The maximum atomic E-state index is 3.66. The van der Waals surface area contributed by atoms with Crippen molar-refractivity contribution in [2.75, 3.05) is 6.54 Å². The molecule has 1 rings (SSSR count). The Kier molecular flexibility index (Phi) is 5.82. The van der Waals surface area contributed by atoms with E-state index in [1.54, 1.807) is 0 Å². The summed E-state index contributed by atoms with van der Waals surface area (Å²) in [4.78, 5) is 0. The third kappa shape index (κ3) is 5.66. The van der Waals surface area contributed by atoms with Gasteiger partial charge in [0.1, 0.15) is 0 Å². The van der Waals surface area contributed by atoms with E-state index in [1.807, 2.05) is 0 Å². The summed E-state index contributed by atoms with van der Waals surface area (Å²) >= 11 is 0. The Labute approximate surface area is 126 Å². The van der Waals surface area contributed by atoms with E-state index in [4.69, 9.17) is 0 Å². The molecule has 114 valence electrons. The van der Waals surface area contributed by atoms with Crippen LogP contribution in [-0.4, -0.2) is 12.1 Å². The van der Waals surface area contributed by atoms with Crippen LogP contribution in [0.3, 0.4) is 0 Å². The standard InChI is InChI=1S/C19H33N/c1-8-19(7,14-20-18(4,5)6)13-16-9-11-17(12-10-16)15(2)3/h9-12,15,20H,8,13-14H2,1-7H3. The molecule has 1 N–H and O–H groups in total. The molecule has 0 aromatic heterocycles. The fourth-order valence-electron chi connectivity index (χ4n) is 2.30. The molecule has 0 aliphatic rings. The minimum absolute atomic E-state index is 0.192. The molecule has 0 aliphatic carbocycles. The molecule has 0 fully saturated rings. The van der Waals surface area contributed by atoms with Crippen LogP contribution in [0.5, 0.6) is 0 Å². The average Bonchev–Trinajstić information content (AvgIpc) is 2.36. The van der Waals surface area contributed by atoms with Crippen molar-refractivity contribution < 1.29 is 0 Å². The maximum absolute atomic E-state index is 3.66. The van der Waals surface area contributed by atoms with E-state index in [1.165, 1.54) is 17.5 Å². The second kappa shape index (κ2) is 6.76. The summed E-state index contributed by atoms with van der Waals surface area (Å²) < 4.78 is 0. The lowest BCUT2D eigenvalue weighted by Gasteiger charge is -2.33. The van der Waals surface area contributed by atoms with Gasteiger partial charge in [0.05, 0.1) is 0 Å².